The fraction of sp³-hybridized carbons (Fsp3) is 0.294. The molecule has 0 N–H and O–H groups in total. The van der Waals surface area contributed by atoms with Crippen LogP contribution in [0.15, 0.2) is 53.4 Å². The van der Waals surface area contributed by atoms with Crippen LogP contribution in [0.4, 0.5) is 10.1 Å². The monoisotopic (exact) mass is 353 g/mol. The Morgan fingerprint density at radius 2 is 1.65 bits per heavy atom. The third-order valence-corrected chi connectivity index (χ3v) is 5.71. The van der Waals surface area contributed by atoms with E-state index in [4.69, 9.17) is 0 Å². The predicted octanol–water partition coefficient (Wildman–Crippen LogP) is 3.94. The summed E-state index contributed by atoms with van der Waals surface area (Å²) in [4.78, 5) is 2.46. The van der Waals surface area contributed by atoms with Gasteiger partial charge in [0.25, 0.3) is 0 Å². The second kappa shape index (κ2) is 7.36. The molecule has 2 rings (SSSR count). The van der Waals surface area contributed by atoms with Crippen LogP contribution in [-0.4, -0.2) is 26.3 Å². The second-order valence-corrected chi connectivity index (χ2v) is 8.52. The topological polar surface area (TPSA) is 37.4 Å². The lowest BCUT2D eigenvalue weighted by Gasteiger charge is -2.30. The van der Waals surface area contributed by atoms with E-state index in [0.717, 1.165) is 11.3 Å². The molecule has 0 aliphatic heterocycles. The highest BCUT2D eigenvalue weighted by atomic mass is 32.2. The van der Waals surface area contributed by atoms with Crippen LogP contribution >= 0.6 is 11.8 Å². The van der Waals surface area contributed by atoms with Crippen LogP contribution in [-0.2, 0) is 16.4 Å². The summed E-state index contributed by atoms with van der Waals surface area (Å²) in [6.07, 6.45) is 3.22. The van der Waals surface area contributed by atoms with Crippen LogP contribution in [0.5, 0.6) is 0 Å². The molecule has 124 valence electrons. The predicted molar refractivity (Wildman–Crippen MR) is 95.1 cm³/mol. The number of benzene rings is 2. The van der Waals surface area contributed by atoms with Crippen LogP contribution in [0.25, 0.3) is 0 Å². The largest absolute Gasteiger partial charge is 0.356 e. The first-order valence-corrected chi connectivity index (χ1v) is 10.3. The Kier molecular flexibility index (Phi) is 5.70. The highest BCUT2D eigenvalue weighted by Crippen LogP contribution is 2.26. The minimum absolute atomic E-state index is 0.198. The van der Waals surface area contributed by atoms with Crippen molar-refractivity contribution in [2.24, 2.45) is 0 Å². The van der Waals surface area contributed by atoms with Gasteiger partial charge in [0.2, 0.25) is 0 Å². The molecule has 0 radical (unpaired) electrons. The van der Waals surface area contributed by atoms with E-state index in [1.54, 1.807) is 36.0 Å². The van der Waals surface area contributed by atoms with Crippen molar-refractivity contribution in [2.75, 3.05) is 17.4 Å². The maximum Gasteiger partial charge on any atom is 0.175 e. The zero-order chi connectivity index (χ0) is 17.0. The summed E-state index contributed by atoms with van der Waals surface area (Å²) in [6, 6.07) is 13.3. The minimum atomic E-state index is -3.20. The summed E-state index contributed by atoms with van der Waals surface area (Å²) in [7, 11) is -3.20. The molecule has 1 atom stereocenters. The molecule has 0 saturated carbocycles. The molecule has 0 amide bonds. The normalized spacial score (nSPS) is 12.9. The van der Waals surface area contributed by atoms with E-state index in [9.17, 15) is 12.8 Å². The van der Waals surface area contributed by atoms with E-state index < -0.39 is 9.84 Å². The van der Waals surface area contributed by atoms with Crippen molar-refractivity contribution in [1.82, 2.24) is 0 Å². The van der Waals surface area contributed by atoms with Crippen molar-refractivity contribution in [3.63, 3.8) is 0 Å². The summed E-state index contributed by atoms with van der Waals surface area (Å²) in [6.45, 7) is 2.71. The summed E-state index contributed by atoms with van der Waals surface area (Å²) in [5, 5.41) is 0.198. The van der Waals surface area contributed by atoms with Crippen LogP contribution in [0.1, 0.15) is 12.5 Å². The molecule has 0 aliphatic rings. The van der Waals surface area contributed by atoms with Crippen LogP contribution in [0.3, 0.4) is 0 Å². The van der Waals surface area contributed by atoms with Gasteiger partial charge in [-0.05, 0) is 55.1 Å². The van der Waals surface area contributed by atoms with Gasteiger partial charge in [0.15, 0.2) is 9.84 Å². The van der Waals surface area contributed by atoms with E-state index in [-0.39, 0.29) is 11.2 Å². The molecule has 0 bridgehead atoms. The SMILES string of the molecule is CSC(C)N(Cc1ccc(F)cc1)c1ccc(S(C)(=O)=O)cc1. The lowest BCUT2D eigenvalue weighted by Crippen LogP contribution is -2.30. The fourth-order valence-corrected chi connectivity index (χ4v) is 3.31. The lowest BCUT2D eigenvalue weighted by molar-refractivity contribution is 0.602. The average molecular weight is 353 g/mol. The number of halogens is 1. The number of hydrogen-bond acceptors (Lipinski definition) is 4. The molecule has 0 aromatic heterocycles. The summed E-state index contributed by atoms with van der Waals surface area (Å²) < 4.78 is 36.2. The van der Waals surface area contributed by atoms with Gasteiger partial charge in [-0.2, -0.15) is 0 Å². The van der Waals surface area contributed by atoms with E-state index in [2.05, 4.69) is 11.8 Å². The van der Waals surface area contributed by atoms with Crippen LogP contribution < -0.4 is 4.90 Å². The third kappa shape index (κ3) is 4.72. The van der Waals surface area contributed by atoms with Crippen LogP contribution in [0, 0.1) is 5.82 Å². The molecule has 23 heavy (non-hydrogen) atoms. The number of hydrogen-bond donors (Lipinski definition) is 0. The number of thioether (sulfide) groups is 1. The Morgan fingerprint density at radius 1 is 1.09 bits per heavy atom. The quantitative estimate of drug-likeness (QED) is 0.737. The molecule has 2 aromatic carbocycles. The van der Waals surface area contributed by atoms with E-state index in [1.807, 2.05) is 18.4 Å². The molecule has 0 aliphatic carbocycles. The van der Waals surface area contributed by atoms with Gasteiger partial charge < -0.3 is 4.90 Å². The van der Waals surface area contributed by atoms with Gasteiger partial charge in [0, 0.05) is 18.5 Å². The van der Waals surface area contributed by atoms with Gasteiger partial charge in [0.1, 0.15) is 5.82 Å². The Morgan fingerprint density at radius 3 is 2.13 bits per heavy atom. The van der Waals surface area contributed by atoms with Gasteiger partial charge in [-0.25, -0.2) is 12.8 Å². The number of sulfone groups is 1. The lowest BCUT2D eigenvalue weighted by atomic mass is 10.2. The first-order valence-electron chi connectivity index (χ1n) is 7.15. The maximum atomic E-state index is 13.1. The number of nitrogens with zero attached hydrogens (tertiary/aromatic N) is 1. The molecule has 3 nitrogen and oxygen atoms in total. The molecule has 0 spiro atoms. The van der Waals surface area contributed by atoms with Crippen molar-refractivity contribution in [3.8, 4) is 0 Å². The molecule has 1 unspecified atom stereocenters. The highest BCUT2D eigenvalue weighted by Gasteiger charge is 2.15. The Balaban J connectivity index is 2.29. The van der Waals surface area contributed by atoms with Gasteiger partial charge in [-0.3, -0.25) is 0 Å². The van der Waals surface area contributed by atoms with Crippen molar-refractivity contribution in [2.45, 2.75) is 23.7 Å². The first kappa shape index (κ1) is 17.8. The zero-order valence-electron chi connectivity index (χ0n) is 13.4. The molecule has 2 aromatic rings. The van der Waals surface area contributed by atoms with Crippen molar-refractivity contribution in [1.29, 1.82) is 0 Å². The average Bonchev–Trinajstić information content (AvgIpc) is 2.53. The molecule has 0 heterocycles. The molecular formula is C17H20FNO2S2. The molecule has 0 saturated heterocycles. The highest BCUT2D eigenvalue weighted by molar-refractivity contribution is 7.99. The molecule has 0 fully saturated rings. The second-order valence-electron chi connectivity index (χ2n) is 5.36. The first-order chi connectivity index (χ1) is 10.8. The van der Waals surface area contributed by atoms with E-state index in [0.29, 0.717) is 11.4 Å². The molecule has 6 heteroatoms. The summed E-state index contributed by atoms with van der Waals surface area (Å²) >= 11 is 1.69. The van der Waals surface area contributed by atoms with Crippen molar-refractivity contribution >= 4 is 27.3 Å². The fourth-order valence-electron chi connectivity index (χ4n) is 2.23. The Bertz CT molecular complexity index is 743. The standard InChI is InChI=1S/C17H20FNO2S2/c1-13(22-2)19(12-14-4-6-15(18)7-5-14)16-8-10-17(11-9-16)23(3,20)21/h4-11,13H,12H2,1-3H3. The Labute approximate surface area is 141 Å². The van der Waals surface area contributed by atoms with E-state index in [1.165, 1.54) is 18.4 Å². The minimum Gasteiger partial charge on any atom is -0.356 e. The van der Waals surface area contributed by atoms with Gasteiger partial charge in [-0.1, -0.05) is 12.1 Å². The molecular weight excluding hydrogens is 333 g/mol. The summed E-state index contributed by atoms with van der Waals surface area (Å²) in [5.74, 6) is -0.254. The Hall–Kier alpha value is -1.53. The smallest absolute Gasteiger partial charge is 0.175 e. The zero-order valence-corrected chi connectivity index (χ0v) is 15.0. The van der Waals surface area contributed by atoms with E-state index >= 15 is 0 Å². The summed E-state index contributed by atoms with van der Waals surface area (Å²) in [5.41, 5.74) is 1.93. The number of anilines is 1. The van der Waals surface area contributed by atoms with Crippen molar-refractivity contribution in [3.05, 3.63) is 59.9 Å². The van der Waals surface area contributed by atoms with Gasteiger partial charge in [0.05, 0.1) is 10.3 Å². The maximum absolute atomic E-state index is 13.1. The van der Waals surface area contributed by atoms with Gasteiger partial charge in [-0.15, -0.1) is 11.8 Å². The third-order valence-electron chi connectivity index (χ3n) is 3.64. The van der Waals surface area contributed by atoms with Crippen molar-refractivity contribution < 1.29 is 12.8 Å². The van der Waals surface area contributed by atoms with Crippen LogP contribution in [0.2, 0.25) is 0 Å². The van der Waals surface area contributed by atoms with Gasteiger partial charge >= 0.3 is 0 Å². The number of rotatable bonds is 6.